The quantitative estimate of drug-likeness (QED) is 0.822. The van der Waals surface area contributed by atoms with Gasteiger partial charge in [0.2, 0.25) is 0 Å². The van der Waals surface area contributed by atoms with Gasteiger partial charge in [0.1, 0.15) is 17.4 Å². The highest BCUT2D eigenvalue weighted by molar-refractivity contribution is 9.10. The number of phenols is 1. The Morgan fingerprint density at radius 1 is 1.10 bits per heavy atom. The lowest BCUT2D eigenvalue weighted by Gasteiger charge is -2.10. The van der Waals surface area contributed by atoms with Crippen LogP contribution in [0.25, 0.3) is 0 Å². The van der Waals surface area contributed by atoms with E-state index in [1.54, 1.807) is 0 Å². The minimum absolute atomic E-state index is 0.115. The number of phenolic OH excluding ortho intramolecular Hbond substituents is 1. The van der Waals surface area contributed by atoms with Crippen LogP contribution >= 0.6 is 15.9 Å². The van der Waals surface area contributed by atoms with Crippen LogP contribution < -0.4 is 4.72 Å². The molecule has 0 fully saturated rings. The number of hydrogen-bond acceptors (Lipinski definition) is 3. The van der Waals surface area contributed by atoms with E-state index in [1.807, 2.05) is 4.72 Å². The first-order valence-electron chi connectivity index (χ1n) is 5.26. The summed E-state index contributed by atoms with van der Waals surface area (Å²) in [6, 6.07) is 6.36. The molecule has 2 N–H and O–H groups in total. The predicted octanol–water partition coefficient (Wildman–Crippen LogP) is 3.23. The highest BCUT2D eigenvalue weighted by Crippen LogP contribution is 2.26. The first-order chi connectivity index (χ1) is 9.29. The summed E-state index contributed by atoms with van der Waals surface area (Å²) in [5.41, 5.74) is -0.519. The molecule has 0 aliphatic heterocycles. The number of benzene rings is 2. The van der Waals surface area contributed by atoms with Crippen LogP contribution in [0, 0.1) is 11.6 Å². The maximum atomic E-state index is 13.6. The van der Waals surface area contributed by atoms with Crippen LogP contribution in [0.15, 0.2) is 45.8 Å². The Hall–Kier alpha value is -1.67. The molecule has 8 heteroatoms. The van der Waals surface area contributed by atoms with E-state index in [0.29, 0.717) is 0 Å². The summed E-state index contributed by atoms with van der Waals surface area (Å²) in [5.74, 6) is -1.99. The van der Waals surface area contributed by atoms with Gasteiger partial charge in [0, 0.05) is 12.1 Å². The summed E-state index contributed by atoms with van der Waals surface area (Å²) in [6.07, 6.45) is 0. The maximum absolute atomic E-state index is 13.6. The summed E-state index contributed by atoms with van der Waals surface area (Å²) in [7, 11) is -4.12. The van der Waals surface area contributed by atoms with Gasteiger partial charge < -0.3 is 5.11 Å². The lowest BCUT2D eigenvalue weighted by Crippen LogP contribution is -2.14. The van der Waals surface area contributed by atoms with Gasteiger partial charge in [-0.15, -0.1) is 0 Å². The fraction of sp³-hybridized carbons (Fsp3) is 0. The molecular formula is C12H8BrF2NO3S. The molecule has 0 aliphatic carbocycles. The van der Waals surface area contributed by atoms with Crippen molar-refractivity contribution in [1.29, 1.82) is 0 Å². The van der Waals surface area contributed by atoms with Gasteiger partial charge in [0.15, 0.2) is 0 Å². The van der Waals surface area contributed by atoms with Gasteiger partial charge >= 0.3 is 0 Å². The van der Waals surface area contributed by atoms with Crippen LogP contribution in [-0.4, -0.2) is 13.5 Å². The van der Waals surface area contributed by atoms with E-state index < -0.39 is 27.3 Å². The highest BCUT2D eigenvalue weighted by atomic mass is 79.9. The number of anilines is 1. The third-order valence-electron chi connectivity index (χ3n) is 2.38. The molecule has 2 aromatic carbocycles. The summed E-state index contributed by atoms with van der Waals surface area (Å²) < 4.78 is 52.7. The van der Waals surface area contributed by atoms with E-state index in [0.717, 1.165) is 18.2 Å². The summed E-state index contributed by atoms with van der Waals surface area (Å²) in [4.78, 5) is -0.264. The van der Waals surface area contributed by atoms with Crippen molar-refractivity contribution in [3.63, 3.8) is 0 Å². The zero-order valence-electron chi connectivity index (χ0n) is 9.77. The van der Waals surface area contributed by atoms with Gasteiger partial charge in [0.25, 0.3) is 10.0 Å². The minimum atomic E-state index is -4.12. The summed E-state index contributed by atoms with van der Waals surface area (Å²) in [6.45, 7) is 0. The molecule has 2 aromatic rings. The molecule has 0 aromatic heterocycles. The van der Waals surface area contributed by atoms with Crippen molar-refractivity contribution < 1.29 is 22.3 Å². The molecule has 20 heavy (non-hydrogen) atoms. The molecule has 0 bridgehead atoms. The summed E-state index contributed by atoms with van der Waals surface area (Å²) >= 11 is 2.79. The van der Waals surface area contributed by atoms with Gasteiger partial charge in [-0.05, 0) is 34.1 Å². The second-order valence-electron chi connectivity index (χ2n) is 3.85. The molecular weight excluding hydrogens is 356 g/mol. The third kappa shape index (κ3) is 3.07. The Bertz CT molecular complexity index is 765. The van der Waals surface area contributed by atoms with Crippen molar-refractivity contribution in [2.75, 3.05) is 4.72 Å². The number of sulfonamides is 1. The first kappa shape index (κ1) is 14.7. The number of nitrogens with one attached hydrogen (secondary N) is 1. The Balaban J connectivity index is 2.41. The van der Waals surface area contributed by atoms with Crippen LogP contribution in [0.4, 0.5) is 14.5 Å². The molecule has 2 rings (SSSR count). The fourth-order valence-electron chi connectivity index (χ4n) is 1.46. The average molecular weight is 364 g/mol. The van der Waals surface area contributed by atoms with Crippen LogP contribution in [0.3, 0.4) is 0 Å². The van der Waals surface area contributed by atoms with E-state index in [9.17, 15) is 22.3 Å². The predicted molar refractivity (Wildman–Crippen MR) is 73.0 cm³/mol. The van der Waals surface area contributed by atoms with Crippen molar-refractivity contribution in [3.8, 4) is 5.75 Å². The summed E-state index contributed by atoms with van der Waals surface area (Å²) in [5, 5.41) is 9.25. The minimum Gasteiger partial charge on any atom is -0.508 e. The maximum Gasteiger partial charge on any atom is 0.262 e. The molecule has 0 amide bonds. The van der Waals surface area contributed by atoms with E-state index in [-0.39, 0.29) is 15.1 Å². The molecule has 0 spiro atoms. The third-order valence-corrected chi connectivity index (χ3v) is 4.35. The van der Waals surface area contributed by atoms with Crippen molar-refractivity contribution in [2.24, 2.45) is 0 Å². The average Bonchev–Trinajstić information content (AvgIpc) is 2.36. The van der Waals surface area contributed by atoms with E-state index in [2.05, 4.69) is 15.9 Å². The Kier molecular flexibility index (Phi) is 3.96. The van der Waals surface area contributed by atoms with Crippen molar-refractivity contribution in [3.05, 3.63) is 52.5 Å². The SMILES string of the molecule is O=S(=O)(Nc1cc(F)c(Br)cc1F)c1cccc(O)c1. The Morgan fingerprint density at radius 2 is 1.80 bits per heavy atom. The highest BCUT2D eigenvalue weighted by Gasteiger charge is 2.18. The molecule has 0 saturated heterocycles. The van der Waals surface area contributed by atoms with Gasteiger partial charge in [-0.3, -0.25) is 4.72 Å². The van der Waals surface area contributed by atoms with Gasteiger partial charge in [-0.2, -0.15) is 0 Å². The molecule has 0 radical (unpaired) electrons. The Labute approximate surface area is 122 Å². The Morgan fingerprint density at radius 3 is 2.45 bits per heavy atom. The zero-order chi connectivity index (χ0) is 14.9. The van der Waals surface area contributed by atoms with Gasteiger partial charge in [-0.1, -0.05) is 6.07 Å². The van der Waals surface area contributed by atoms with Gasteiger partial charge in [-0.25, -0.2) is 17.2 Å². The zero-order valence-corrected chi connectivity index (χ0v) is 12.2. The van der Waals surface area contributed by atoms with Crippen LogP contribution in [0.1, 0.15) is 0 Å². The van der Waals surface area contributed by atoms with E-state index in [1.165, 1.54) is 18.2 Å². The van der Waals surface area contributed by atoms with E-state index >= 15 is 0 Å². The molecule has 106 valence electrons. The van der Waals surface area contributed by atoms with Crippen LogP contribution in [0.5, 0.6) is 5.75 Å². The molecule has 0 saturated carbocycles. The van der Waals surface area contributed by atoms with Crippen molar-refractivity contribution in [2.45, 2.75) is 4.90 Å². The smallest absolute Gasteiger partial charge is 0.262 e. The first-order valence-corrected chi connectivity index (χ1v) is 7.53. The number of hydrogen-bond donors (Lipinski definition) is 2. The van der Waals surface area contributed by atoms with Crippen molar-refractivity contribution in [1.82, 2.24) is 0 Å². The fourth-order valence-corrected chi connectivity index (χ4v) is 2.87. The molecule has 0 aliphatic rings. The number of aromatic hydroxyl groups is 1. The number of halogens is 3. The molecule has 4 nitrogen and oxygen atoms in total. The van der Waals surface area contributed by atoms with Crippen molar-refractivity contribution >= 4 is 31.6 Å². The second kappa shape index (κ2) is 5.37. The second-order valence-corrected chi connectivity index (χ2v) is 6.39. The molecule has 0 unspecified atom stereocenters. The lowest BCUT2D eigenvalue weighted by atomic mass is 10.3. The lowest BCUT2D eigenvalue weighted by molar-refractivity contribution is 0.473. The molecule has 0 heterocycles. The largest absolute Gasteiger partial charge is 0.508 e. The normalized spacial score (nSPS) is 11.3. The van der Waals surface area contributed by atoms with Gasteiger partial charge in [0.05, 0.1) is 15.1 Å². The molecule has 0 atom stereocenters. The monoisotopic (exact) mass is 363 g/mol. The van der Waals surface area contributed by atoms with Crippen LogP contribution in [0.2, 0.25) is 0 Å². The van der Waals surface area contributed by atoms with E-state index in [4.69, 9.17) is 0 Å². The number of rotatable bonds is 3. The van der Waals surface area contributed by atoms with Crippen LogP contribution in [-0.2, 0) is 10.0 Å². The topological polar surface area (TPSA) is 66.4 Å². The standard InChI is InChI=1S/C12H8BrF2NO3S/c13-9-5-11(15)12(6-10(9)14)16-20(18,19)8-3-1-2-7(17)4-8/h1-6,16-17H.